The quantitative estimate of drug-likeness (QED) is 0.726. The molecule has 14 heavy (non-hydrogen) atoms. The van der Waals surface area contributed by atoms with Crippen molar-refractivity contribution in [1.82, 2.24) is 5.32 Å². The van der Waals surface area contributed by atoms with Crippen LogP contribution < -0.4 is 5.32 Å². The molecule has 2 aliphatic carbocycles. The summed E-state index contributed by atoms with van der Waals surface area (Å²) in [5.41, 5.74) is 0. The number of hydrogen-bond donors (Lipinski definition) is 1. The van der Waals surface area contributed by atoms with E-state index in [1.54, 1.807) is 0 Å². The summed E-state index contributed by atoms with van der Waals surface area (Å²) in [4.78, 5) is 0. The van der Waals surface area contributed by atoms with Gasteiger partial charge in [-0.15, -0.1) is 0 Å². The molecule has 4 atom stereocenters. The molecule has 4 unspecified atom stereocenters. The van der Waals surface area contributed by atoms with Gasteiger partial charge in [0.2, 0.25) is 0 Å². The Morgan fingerprint density at radius 1 is 1.14 bits per heavy atom. The molecule has 0 saturated heterocycles. The Balaban J connectivity index is 1.83. The molecule has 2 fully saturated rings. The molecule has 82 valence electrons. The van der Waals surface area contributed by atoms with Gasteiger partial charge in [0, 0.05) is 12.1 Å². The van der Waals surface area contributed by atoms with E-state index in [4.69, 9.17) is 0 Å². The van der Waals surface area contributed by atoms with Gasteiger partial charge in [-0.2, -0.15) is 0 Å². The van der Waals surface area contributed by atoms with Gasteiger partial charge < -0.3 is 5.32 Å². The highest BCUT2D eigenvalue weighted by atomic mass is 15.0. The van der Waals surface area contributed by atoms with Gasteiger partial charge in [0.15, 0.2) is 0 Å². The highest BCUT2D eigenvalue weighted by molar-refractivity contribution is 4.92. The summed E-state index contributed by atoms with van der Waals surface area (Å²) in [6.45, 7) is 7.17. The van der Waals surface area contributed by atoms with Crippen LogP contribution in [0.3, 0.4) is 0 Å². The molecule has 0 bridgehead atoms. The van der Waals surface area contributed by atoms with E-state index in [9.17, 15) is 0 Å². The lowest BCUT2D eigenvalue weighted by Crippen LogP contribution is -2.41. The van der Waals surface area contributed by atoms with E-state index in [0.29, 0.717) is 0 Å². The largest absolute Gasteiger partial charge is 0.311 e. The predicted octanol–water partition coefficient (Wildman–Crippen LogP) is 3.20. The minimum atomic E-state index is 0.815. The van der Waals surface area contributed by atoms with Gasteiger partial charge >= 0.3 is 0 Å². The lowest BCUT2D eigenvalue weighted by molar-refractivity contribution is 0.316. The molecule has 0 amide bonds. The van der Waals surface area contributed by atoms with Crippen molar-refractivity contribution in [3.05, 3.63) is 0 Å². The first-order valence-electron chi connectivity index (χ1n) is 6.48. The molecule has 1 N–H and O–H groups in total. The average molecular weight is 195 g/mol. The third-order valence-electron chi connectivity index (χ3n) is 4.52. The smallest absolute Gasteiger partial charge is 0.00980 e. The monoisotopic (exact) mass is 195 g/mol. The third kappa shape index (κ3) is 2.13. The molecule has 2 aliphatic rings. The van der Waals surface area contributed by atoms with E-state index in [0.717, 1.165) is 29.8 Å². The van der Waals surface area contributed by atoms with Crippen LogP contribution >= 0.6 is 0 Å². The van der Waals surface area contributed by atoms with Crippen LogP contribution in [0.15, 0.2) is 0 Å². The fourth-order valence-corrected chi connectivity index (χ4v) is 2.96. The maximum Gasteiger partial charge on any atom is 0.00980 e. The Bertz CT molecular complexity index is 186. The van der Waals surface area contributed by atoms with Crippen LogP contribution in [0, 0.1) is 17.8 Å². The molecule has 0 radical (unpaired) electrons. The van der Waals surface area contributed by atoms with Crippen LogP contribution in [0.25, 0.3) is 0 Å². The fraction of sp³-hybridized carbons (Fsp3) is 1.00. The summed E-state index contributed by atoms with van der Waals surface area (Å²) >= 11 is 0. The molecule has 0 heterocycles. The first-order chi connectivity index (χ1) is 6.72. The molecule has 0 spiro atoms. The molecule has 1 nitrogen and oxygen atoms in total. The van der Waals surface area contributed by atoms with Crippen molar-refractivity contribution in [1.29, 1.82) is 0 Å². The molecular formula is C13H25N. The van der Waals surface area contributed by atoms with E-state index in [1.807, 2.05) is 0 Å². The Kier molecular flexibility index (Phi) is 3.16. The molecule has 0 aliphatic heterocycles. The van der Waals surface area contributed by atoms with Crippen molar-refractivity contribution in [2.45, 2.75) is 65.0 Å². The summed E-state index contributed by atoms with van der Waals surface area (Å²) in [6.07, 6.45) is 7.11. The lowest BCUT2D eigenvalue weighted by Gasteiger charge is -2.25. The molecule has 2 saturated carbocycles. The molecule has 0 aromatic heterocycles. The van der Waals surface area contributed by atoms with Crippen LogP contribution in [0.4, 0.5) is 0 Å². The van der Waals surface area contributed by atoms with Crippen molar-refractivity contribution >= 4 is 0 Å². The SMILES string of the molecule is CCC(NC1CCC(C)C1C)C1CC1. The second-order valence-electron chi connectivity index (χ2n) is 5.54. The Labute approximate surface area is 88.7 Å². The maximum absolute atomic E-state index is 3.91. The minimum Gasteiger partial charge on any atom is -0.311 e. The topological polar surface area (TPSA) is 12.0 Å². The molecule has 0 aromatic carbocycles. The third-order valence-corrected chi connectivity index (χ3v) is 4.52. The second kappa shape index (κ2) is 4.22. The van der Waals surface area contributed by atoms with Crippen molar-refractivity contribution in [2.24, 2.45) is 17.8 Å². The molecular weight excluding hydrogens is 170 g/mol. The normalized spacial score (nSPS) is 40.1. The van der Waals surface area contributed by atoms with Crippen LogP contribution in [-0.2, 0) is 0 Å². The van der Waals surface area contributed by atoms with Gasteiger partial charge in [0.05, 0.1) is 0 Å². The summed E-state index contributed by atoms with van der Waals surface area (Å²) < 4.78 is 0. The highest BCUT2D eigenvalue weighted by Crippen LogP contribution is 2.37. The zero-order chi connectivity index (χ0) is 10.1. The van der Waals surface area contributed by atoms with Gasteiger partial charge in [0.1, 0.15) is 0 Å². The van der Waals surface area contributed by atoms with Crippen LogP contribution in [0.1, 0.15) is 52.9 Å². The van der Waals surface area contributed by atoms with Crippen molar-refractivity contribution in [3.63, 3.8) is 0 Å². The lowest BCUT2D eigenvalue weighted by atomic mass is 9.96. The first kappa shape index (κ1) is 10.5. The van der Waals surface area contributed by atoms with Crippen molar-refractivity contribution in [2.75, 3.05) is 0 Å². The van der Waals surface area contributed by atoms with Crippen LogP contribution in [0.2, 0.25) is 0 Å². The zero-order valence-corrected chi connectivity index (χ0v) is 9.92. The second-order valence-corrected chi connectivity index (χ2v) is 5.54. The van der Waals surface area contributed by atoms with Crippen molar-refractivity contribution in [3.8, 4) is 0 Å². The summed E-state index contributed by atoms with van der Waals surface area (Å²) in [5.74, 6) is 2.84. The highest BCUT2D eigenvalue weighted by Gasteiger charge is 2.35. The van der Waals surface area contributed by atoms with Crippen LogP contribution in [-0.4, -0.2) is 12.1 Å². The maximum atomic E-state index is 3.91. The number of hydrogen-bond acceptors (Lipinski definition) is 1. The van der Waals surface area contributed by atoms with Gasteiger partial charge in [-0.3, -0.25) is 0 Å². The van der Waals surface area contributed by atoms with E-state index < -0.39 is 0 Å². The zero-order valence-electron chi connectivity index (χ0n) is 9.92. The van der Waals surface area contributed by atoms with E-state index in [-0.39, 0.29) is 0 Å². The van der Waals surface area contributed by atoms with Gasteiger partial charge in [-0.1, -0.05) is 20.8 Å². The Morgan fingerprint density at radius 3 is 2.29 bits per heavy atom. The Hall–Kier alpha value is -0.0400. The fourth-order valence-electron chi connectivity index (χ4n) is 2.96. The summed E-state index contributed by atoms with van der Waals surface area (Å²) in [5, 5.41) is 3.91. The standard InChI is InChI=1S/C13H25N/c1-4-12(11-6-7-11)14-13-8-5-9(2)10(13)3/h9-14H,4-8H2,1-3H3. The minimum absolute atomic E-state index is 0.815. The number of rotatable bonds is 4. The molecule has 0 aromatic rings. The Morgan fingerprint density at radius 2 is 1.86 bits per heavy atom. The predicted molar refractivity (Wildman–Crippen MR) is 61.3 cm³/mol. The molecule has 2 rings (SSSR count). The summed E-state index contributed by atoms with van der Waals surface area (Å²) in [7, 11) is 0. The number of nitrogens with one attached hydrogen (secondary N) is 1. The van der Waals surface area contributed by atoms with Gasteiger partial charge in [-0.25, -0.2) is 0 Å². The van der Waals surface area contributed by atoms with Crippen LogP contribution in [0.5, 0.6) is 0 Å². The first-order valence-corrected chi connectivity index (χ1v) is 6.48. The van der Waals surface area contributed by atoms with Crippen molar-refractivity contribution < 1.29 is 0 Å². The van der Waals surface area contributed by atoms with E-state index in [1.165, 1.54) is 32.1 Å². The summed E-state index contributed by atoms with van der Waals surface area (Å²) in [6, 6.07) is 1.64. The van der Waals surface area contributed by atoms with Gasteiger partial charge in [-0.05, 0) is 49.9 Å². The average Bonchev–Trinajstić information content (AvgIpc) is 2.96. The van der Waals surface area contributed by atoms with Gasteiger partial charge in [0.25, 0.3) is 0 Å². The molecule has 1 heteroatoms. The van der Waals surface area contributed by atoms with E-state index in [2.05, 4.69) is 26.1 Å². The van der Waals surface area contributed by atoms with E-state index >= 15 is 0 Å².